The molecule has 1 amide bonds. The molecule has 0 saturated carbocycles. The zero-order chi connectivity index (χ0) is 19.6. The first-order valence-electron chi connectivity index (χ1n) is 9.01. The molecule has 0 heterocycles. The Hall–Kier alpha value is -2.31. The lowest BCUT2D eigenvalue weighted by Gasteiger charge is -2.20. The van der Waals surface area contributed by atoms with E-state index in [9.17, 15) is 9.18 Å². The Morgan fingerprint density at radius 3 is 2.62 bits per heavy atom. The molecular formula is C19H32FN5O. The molecular weight excluding hydrogens is 333 g/mol. The Balaban J connectivity index is 2.41. The Morgan fingerprint density at radius 2 is 2.00 bits per heavy atom. The molecule has 0 aliphatic heterocycles. The van der Waals surface area contributed by atoms with E-state index in [4.69, 9.17) is 0 Å². The normalized spacial score (nSPS) is 11.8. The molecule has 0 aromatic heterocycles. The third kappa shape index (κ3) is 9.25. The maximum absolute atomic E-state index is 13.3. The molecule has 0 fully saturated rings. The summed E-state index contributed by atoms with van der Waals surface area (Å²) >= 11 is 0. The van der Waals surface area contributed by atoms with Crippen LogP contribution in [0.1, 0.15) is 34.1 Å². The molecule has 0 atom stereocenters. The molecule has 146 valence electrons. The number of nitrogens with one attached hydrogen (secondary N) is 3. The summed E-state index contributed by atoms with van der Waals surface area (Å²) in [6.07, 6.45) is 0.853. The van der Waals surface area contributed by atoms with Crippen LogP contribution in [0.2, 0.25) is 0 Å². The topological polar surface area (TPSA) is 68.8 Å². The van der Waals surface area contributed by atoms with Gasteiger partial charge in [0.25, 0.3) is 0 Å². The third-order valence-corrected chi connectivity index (χ3v) is 3.45. The highest BCUT2D eigenvalue weighted by Gasteiger charge is 2.13. The van der Waals surface area contributed by atoms with Crippen molar-refractivity contribution in [3.05, 3.63) is 30.1 Å². The van der Waals surface area contributed by atoms with Crippen LogP contribution in [0.5, 0.6) is 0 Å². The van der Waals surface area contributed by atoms with Crippen molar-refractivity contribution in [2.75, 3.05) is 38.1 Å². The average molecular weight is 365 g/mol. The molecule has 0 aliphatic carbocycles. The number of hydrogen-bond donors (Lipinski definition) is 3. The summed E-state index contributed by atoms with van der Waals surface area (Å²) in [7, 11) is 1.94. The van der Waals surface area contributed by atoms with E-state index in [-0.39, 0.29) is 23.8 Å². The summed E-state index contributed by atoms with van der Waals surface area (Å²) in [6.45, 7) is 10.1. The molecule has 7 heteroatoms. The summed E-state index contributed by atoms with van der Waals surface area (Å²) in [5.74, 6) is 0.271. The Morgan fingerprint density at radius 1 is 1.27 bits per heavy atom. The highest BCUT2D eigenvalue weighted by molar-refractivity contribution is 5.85. The number of halogens is 1. The van der Waals surface area contributed by atoms with Gasteiger partial charge < -0.3 is 20.9 Å². The molecule has 0 radical (unpaired) electrons. The van der Waals surface area contributed by atoms with Crippen LogP contribution in [0.15, 0.2) is 29.3 Å². The van der Waals surface area contributed by atoms with Crippen LogP contribution < -0.4 is 20.9 Å². The van der Waals surface area contributed by atoms with Crippen molar-refractivity contribution in [1.82, 2.24) is 16.0 Å². The van der Waals surface area contributed by atoms with E-state index in [1.807, 2.05) is 45.7 Å². The third-order valence-electron chi connectivity index (χ3n) is 3.45. The Bertz CT molecular complexity index is 598. The predicted octanol–water partition coefficient (Wildman–Crippen LogP) is 2.12. The molecule has 0 unspecified atom stereocenters. The van der Waals surface area contributed by atoms with Gasteiger partial charge in [-0.2, -0.15) is 0 Å². The number of nitrogens with zero attached hydrogens (tertiary/aromatic N) is 2. The minimum Gasteiger partial charge on any atom is -0.374 e. The molecule has 0 aliphatic rings. The molecule has 6 nitrogen and oxygen atoms in total. The van der Waals surface area contributed by atoms with Crippen LogP contribution in [0.25, 0.3) is 0 Å². The van der Waals surface area contributed by atoms with Gasteiger partial charge >= 0.3 is 0 Å². The molecule has 1 aromatic rings. The first-order chi connectivity index (χ1) is 12.2. The Kier molecular flexibility index (Phi) is 8.88. The second kappa shape index (κ2) is 10.6. The number of carbonyl (C=O) groups is 1. The number of aliphatic imine (C=N–C) groups is 1. The van der Waals surface area contributed by atoms with Crippen molar-refractivity contribution in [2.24, 2.45) is 4.99 Å². The number of rotatable bonds is 8. The van der Waals surface area contributed by atoms with E-state index in [2.05, 4.69) is 20.9 Å². The molecule has 26 heavy (non-hydrogen) atoms. The fourth-order valence-corrected chi connectivity index (χ4v) is 2.32. The van der Waals surface area contributed by atoms with Crippen LogP contribution >= 0.6 is 0 Å². The number of amides is 1. The zero-order valence-electron chi connectivity index (χ0n) is 16.5. The highest BCUT2D eigenvalue weighted by Crippen LogP contribution is 2.13. The summed E-state index contributed by atoms with van der Waals surface area (Å²) < 4.78 is 13.3. The number of benzene rings is 1. The summed E-state index contributed by atoms with van der Waals surface area (Å²) in [5, 5.41) is 9.22. The van der Waals surface area contributed by atoms with Crippen LogP contribution in [0.3, 0.4) is 0 Å². The minimum absolute atomic E-state index is 0.0792. The summed E-state index contributed by atoms with van der Waals surface area (Å²) in [5.41, 5.74) is 0.587. The maximum Gasteiger partial charge on any atom is 0.242 e. The largest absolute Gasteiger partial charge is 0.374 e. The molecule has 3 N–H and O–H groups in total. The molecule has 1 aromatic carbocycles. The minimum atomic E-state index is -0.264. The van der Waals surface area contributed by atoms with Gasteiger partial charge in [-0.25, -0.2) is 9.38 Å². The average Bonchev–Trinajstić information content (AvgIpc) is 2.54. The molecule has 0 bridgehead atoms. The van der Waals surface area contributed by atoms with Gasteiger partial charge in [0.05, 0.1) is 0 Å². The van der Waals surface area contributed by atoms with E-state index in [1.54, 1.807) is 6.07 Å². The van der Waals surface area contributed by atoms with Crippen molar-refractivity contribution in [3.8, 4) is 0 Å². The lowest BCUT2D eigenvalue weighted by atomic mass is 10.1. The van der Waals surface area contributed by atoms with Crippen LogP contribution in [0, 0.1) is 5.82 Å². The highest BCUT2D eigenvalue weighted by atomic mass is 19.1. The predicted molar refractivity (Wildman–Crippen MR) is 106 cm³/mol. The van der Waals surface area contributed by atoms with Gasteiger partial charge in [-0.3, -0.25) is 4.79 Å². The zero-order valence-corrected chi connectivity index (χ0v) is 16.5. The van der Waals surface area contributed by atoms with Gasteiger partial charge in [0.1, 0.15) is 12.4 Å². The van der Waals surface area contributed by atoms with Gasteiger partial charge in [-0.05, 0) is 52.3 Å². The number of carbonyl (C=O) groups excluding carboxylic acids is 1. The van der Waals surface area contributed by atoms with E-state index in [0.29, 0.717) is 12.5 Å². The Labute approximate surface area is 156 Å². The second-order valence-corrected chi connectivity index (χ2v) is 7.18. The maximum atomic E-state index is 13.3. The van der Waals surface area contributed by atoms with Gasteiger partial charge in [0.15, 0.2) is 5.96 Å². The standard InChI is InChI=1S/C19H32FN5O/c1-6-21-18(23-14-17(26)24-19(2,3)4)22-11-8-12-25(5)16-10-7-9-15(20)13-16/h7,9-10,13H,6,8,11-12,14H2,1-5H3,(H,24,26)(H2,21,22,23). The van der Waals surface area contributed by atoms with Crippen LogP contribution in [-0.2, 0) is 4.79 Å². The lowest BCUT2D eigenvalue weighted by Crippen LogP contribution is -2.43. The summed E-state index contributed by atoms with van der Waals surface area (Å²) in [4.78, 5) is 18.2. The van der Waals surface area contributed by atoms with Crippen LogP contribution in [0.4, 0.5) is 10.1 Å². The monoisotopic (exact) mass is 365 g/mol. The van der Waals surface area contributed by atoms with Crippen molar-refractivity contribution in [1.29, 1.82) is 0 Å². The van der Waals surface area contributed by atoms with Gasteiger partial charge in [-0.15, -0.1) is 0 Å². The van der Waals surface area contributed by atoms with E-state index < -0.39 is 0 Å². The molecule has 0 saturated heterocycles. The molecule has 1 rings (SSSR count). The van der Waals surface area contributed by atoms with Gasteiger partial charge in [0, 0.05) is 37.9 Å². The SMILES string of the molecule is CCNC(=NCC(=O)NC(C)(C)C)NCCCN(C)c1cccc(F)c1. The van der Waals surface area contributed by atoms with Crippen molar-refractivity contribution >= 4 is 17.6 Å². The number of anilines is 1. The van der Waals surface area contributed by atoms with E-state index in [1.165, 1.54) is 12.1 Å². The van der Waals surface area contributed by atoms with Crippen molar-refractivity contribution in [2.45, 2.75) is 39.7 Å². The molecule has 0 spiro atoms. The number of hydrogen-bond acceptors (Lipinski definition) is 3. The number of guanidine groups is 1. The van der Waals surface area contributed by atoms with Crippen molar-refractivity contribution < 1.29 is 9.18 Å². The fraction of sp³-hybridized carbons (Fsp3) is 0.579. The van der Waals surface area contributed by atoms with E-state index in [0.717, 1.165) is 25.2 Å². The fourth-order valence-electron chi connectivity index (χ4n) is 2.32. The first-order valence-corrected chi connectivity index (χ1v) is 9.01. The van der Waals surface area contributed by atoms with E-state index >= 15 is 0 Å². The first kappa shape index (κ1) is 21.7. The second-order valence-electron chi connectivity index (χ2n) is 7.18. The summed E-state index contributed by atoms with van der Waals surface area (Å²) in [6, 6.07) is 6.55. The van der Waals surface area contributed by atoms with Gasteiger partial charge in [-0.1, -0.05) is 6.07 Å². The smallest absolute Gasteiger partial charge is 0.242 e. The lowest BCUT2D eigenvalue weighted by molar-refractivity contribution is -0.121. The van der Waals surface area contributed by atoms with Crippen molar-refractivity contribution in [3.63, 3.8) is 0 Å². The quantitative estimate of drug-likeness (QED) is 0.375. The van der Waals surface area contributed by atoms with Gasteiger partial charge in [0.2, 0.25) is 5.91 Å². The van der Waals surface area contributed by atoms with Crippen LogP contribution in [-0.4, -0.2) is 50.6 Å².